The monoisotopic (exact) mass is 375 g/mol. The zero-order valence-electron chi connectivity index (χ0n) is 21.2. The van der Waals surface area contributed by atoms with E-state index in [1.165, 1.54) is 11.1 Å². The van der Waals surface area contributed by atoms with Gasteiger partial charge in [0.15, 0.2) is 6.20 Å². The molecule has 0 aliphatic carbocycles. The summed E-state index contributed by atoms with van der Waals surface area (Å²) in [6, 6.07) is 16.5. The lowest BCUT2D eigenvalue weighted by Crippen LogP contribution is -2.33. The van der Waals surface area contributed by atoms with Gasteiger partial charge in [-0.15, -0.1) is 0 Å². The molecule has 2 aromatic carbocycles. The Kier molecular flexibility index (Phi) is 4.46. The minimum absolute atomic E-state index is 0.0684. The summed E-state index contributed by atoms with van der Waals surface area (Å²) >= 11 is 0. The highest BCUT2D eigenvalue weighted by Crippen LogP contribution is 2.33. The maximum Gasteiger partial charge on any atom is 0.212 e. The number of hydrogen-bond donors (Lipinski definition) is 0. The number of nitrogens with zero attached hydrogens (tertiary/aromatic N) is 1. The van der Waals surface area contributed by atoms with Crippen LogP contribution in [-0.4, -0.2) is 0 Å². The largest absolute Gasteiger partial charge is 0.212 e. The topological polar surface area (TPSA) is 3.88 Å². The van der Waals surface area contributed by atoms with Crippen LogP contribution in [0.25, 0.3) is 22.4 Å². The van der Waals surface area contributed by atoms with E-state index in [9.17, 15) is 0 Å². The van der Waals surface area contributed by atoms with Gasteiger partial charge in [0.1, 0.15) is 7.05 Å². The van der Waals surface area contributed by atoms with Crippen LogP contribution in [0.1, 0.15) is 66.9 Å². The predicted molar refractivity (Wildman–Crippen MR) is 121 cm³/mol. The van der Waals surface area contributed by atoms with Crippen LogP contribution in [0.2, 0.25) is 0 Å². The van der Waals surface area contributed by atoms with Gasteiger partial charge in [0.25, 0.3) is 0 Å². The first kappa shape index (κ1) is 16.5. The summed E-state index contributed by atoms with van der Waals surface area (Å²) in [4.78, 5) is 0. The molecule has 146 valence electrons. The zero-order valence-corrected chi connectivity index (χ0v) is 18.2. The summed E-state index contributed by atoms with van der Waals surface area (Å²) in [5, 5.41) is 0. The smallest absolute Gasteiger partial charge is 0.201 e. The highest BCUT2D eigenvalue weighted by Gasteiger charge is 2.21. The summed E-state index contributed by atoms with van der Waals surface area (Å²) in [7, 11) is 2.06. The van der Waals surface area contributed by atoms with E-state index in [4.69, 9.17) is 4.11 Å². The van der Waals surface area contributed by atoms with Crippen LogP contribution in [0, 0.1) is 13.8 Å². The van der Waals surface area contributed by atoms with Gasteiger partial charge in [-0.3, -0.25) is 0 Å². The van der Waals surface area contributed by atoms with Crippen molar-refractivity contribution in [2.75, 3.05) is 0 Å². The van der Waals surface area contributed by atoms with Crippen molar-refractivity contribution in [1.29, 1.82) is 0 Å². The molecule has 0 amide bonds. The Hall–Kier alpha value is -2.41. The van der Waals surface area contributed by atoms with Crippen LogP contribution in [0.5, 0.6) is 0 Å². The first-order valence-corrected chi connectivity index (χ1v) is 10.0. The van der Waals surface area contributed by atoms with Crippen molar-refractivity contribution in [3.63, 3.8) is 0 Å². The van der Waals surface area contributed by atoms with E-state index in [1.54, 1.807) is 0 Å². The molecule has 1 aromatic heterocycles. The molecule has 0 fully saturated rings. The second-order valence-electron chi connectivity index (χ2n) is 9.16. The fourth-order valence-electron chi connectivity index (χ4n) is 3.62. The number of benzene rings is 2. The molecule has 0 spiro atoms. The molecule has 3 aromatic rings. The molecule has 0 aliphatic heterocycles. The van der Waals surface area contributed by atoms with Gasteiger partial charge in [-0.2, -0.15) is 0 Å². The van der Waals surface area contributed by atoms with Crippen molar-refractivity contribution in [3.8, 4) is 22.4 Å². The van der Waals surface area contributed by atoms with Gasteiger partial charge in [-0.05, 0) is 65.1 Å². The lowest BCUT2D eigenvalue weighted by molar-refractivity contribution is -0.661. The Morgan fingerprint density at radius 3 is 2.29 bits per heavy atom. The lowest BCUT2D eigenvalue weighted by Gasteiger charge is -2.18. The number of hydrogen-bond acceptors (Lipinski definition) is 0. The van der Waals surface area contributed by atoms with Crippen molar-refractivity contribution in [3.05, 3.63) is 77.0 Å². The van der Waals surface area contributed by atoms with Crippen LogP contribution in [0.15, 0.2) is 54.7 Å². The molecular formula is C27H34N+. The van der Waals surface area contributed by atoms with E-state index in [1.807, 2.05) is 25.1 Å². The lowest BCUT2D eigenvalue weighted by atomic mass is 9.87. The Balaban J connectivity index is 2.26. The number of pyridine rings is 1. The second kappa shape index (κ2) is 7.54. The molecule has 1 nitrogen and oxygen atoms in total. The summed E-state index contributed by atoms with van der Waals surface area (Å²) < 4.78 is 26.6. The van der Waals surface area contributed by atoms with Crippen molar-refractivity contribution >= 4 is 0 Å². The molecule has 0 unspecified atom stereocenters. The summed E-state index contributed by atoms with van der Waals surface area (Å²) in [5.74, 6) is 0.379. The molecule has 1 heterocycles. The average Bonchev–Trinajstić information content (AvgIpc) is 2.66. The molecule has 1 heteroatoms. The molecule has 0 radical (unpaired) electrons. The van der Waals surface area contributed by atoms with Crippen LogP contribution in [0.4, 0.5) is 0 Å². The Bertz CT molecular complexity index is 1100. The van der Waals surface area contributed by atoms with Crippen molar-refractivity contribution in [1.82, 2.24) is 0 Å². The van der Waals surface area contributed by atoms with E-state index in [2.05, 4.69) is 82.8 Å². The van der Waals surface area contributed by atoms with E-state index in [0.29, 0.717) is 11.5 Å². The standard InChI is InChI=1S/C27H34N/c1-18(2)21-10-9-11-22(15-21)24-16-25(20(4)14-19(24)3)26-13-12-23(17-28(26)8)27(5,6)7/h9-18H,1-8H3/q+1/i3D3. The van der Waals surface area contributed by atoms with E-state index >= 15 is 0 Å². The third-order valence-electron chi connectivity index (χ3n) is 5.50. The van der Waals surface area contributed by atoms with Gasteiger partial charge in [0, 0.05) is 21.3 Å². The quantitative estimate of drug-likeness (QED) is 0.439. The second-order valence-corrected chi connectivity index (χ2v) is 9.16. The van der Waals surface area contributed by atoms with Gasteiger partial charge in [-0.25, -0.2) is 4.57 Å². The SMILES string of the molecule is [2H]C([2H])([2H])c1cc(C)c(-c2ccc(C(C)(C)C)c[n+]2C)cc1-c1cccc(C(C)C)c1. The number of aromatic nitrogens is 1. The van der Waals surface area contributed by atoms with Gasteiger partial charge >= 0.3 is 0 Å². The fourth-order valence-corrected chi connectivity index (χ4v) is 3.62. The fraction of sp³-hybridized carbons (Fsp3) is 0.370. The van der Waals surface area contributed by atoms with Crippen molar-refractivity contribution in [2.24, 2.45) is 7.05 Å². The zero-order chi connectivity index (χ0) is 23.1. The van der Waals surface area contributed by atoms with Crippen LogP contribution in [0.3, 0.4) is 0 Å². The molecule has 0 saturated heterocycles. The van der Waals surface area contributed by atoms with Crippen LogP contribution in [-0.2, 0) is 12.5 Å². The van der Waals surface area contributed by atoms with Gasteiger partial charge < -0.3 is 0 Å². The van der Waals surface area contributed by atoms with Gasteiger partial charge in [0.05, 0.1) is 0 Å². The molecular weight excluding hydrogens is 338 g/mol. The normalized spacial score (nSPS) is 13.9. The van der Waals surface area contributed by atoms with Gasteiger partial charge in [0.2, 0.25) is 5.69 Å². The molecule has 0 N–H and O–H groups in total. The number of rotatable bonds is 3. The molecule has 0 saturated carbocycles. The molecule has 0 atom stereocenters. The summed E-state index contributed by atoms with van der Waals surface area (Å²) in [5.41, 5.74) is 7.77. The predicted octanol–water partition coefficient (Wildman–Crippen LogP) is 6.88. The maximum atomic E-state index is 8.14. The maximum absolute atomic E-state index is 8.14. The Morgan fingerprint density at radius 1 is 0.929 bits per heavy atom. The Labute approximate surface area is 175 Å². The van der Waals surface area contributed by atoms with Crippen LogP contribution >= 0.6 is 0 Å². The minimum Gasteiger partial charge on any atom is -0.201 e. The van der Waals surface area contributed by atoms with E-state index < -0.39 is 6.85 Å². The number of aryl methyl sites for hydroxylation is 3. The average molecular weight is 376 g/mol. The third-order valence-corrected chi connectivity index (χ3v) is 5.50. The molecule has 28 heavy (non-hydrogen) atoms. The summed E-state index contributed by atoms with van der Waals surface area (Å²) in [6.45, 7) is 10.7. The third kappa shape index (κ3) is 4.04. The molecule has 0 aliphatic rings. The van der Waals surface area contributed by atoms with Crippen LogP contribution < -0.4 is 4.57 Å². The van der Waals surface area contributed by atoms with E-state index in [-0.39, 0.29) is 5.41 Å². The Morgan fingerprint density at radius 2 is 1.68 bits per heavy atom. The first-order valence-electron chi connectivity index (χ1n) is 11.5. The van der Waals surface area contributed by atoms with E-state index in [0.717, 1.165) is 27.9 Å². The summed E-state index contributed by atoms with van der Waals surface area (Å²) in [6.07, 6.45) is 2.17. The van der Waals surface area contributed by atoms with Gasteiger partial charge in [-0.1, -0.05) is 65.0 Å². The highest BCUT2D eigenvalue weighted by molar-refractivity contribution is 5.76. The van der Waals surface area contributed by atoms with Crippen molar-refractivity contribution in [2.45, 2.75) is 59.7 Å². The molecule has 3 rings (SSSR count). The van der Waals surface area contributed by atoms with Crippen molar-refractivity contribution < 1.29 is 8.68 Å². The highest BCUT2D eigenvalue weighted by atomic mass is 14.9. The minimum atomic E-state index is -2.18. The molecule has 0 bridgehead atoms. The first-order chi connectivity index (χ1) is 14.3.